The van der Waals surface area contributed by atoms with E-state index < -0.39 is 18.5 Å². The zero-order chi connectivity index (χ0) is 23.7. The molecule has 0 bridgehead atoms. The van der Waals surface area contributed by atoms with Gasteiger partial charge < -0.3 is 14.5 Å². The fourth-order valence-electron chi connectivity index (χ4n) is 2.67. The average molecular weight is 474 g/mol. The SMILES string of the molecule is Cc1cc(N(CCC#N)C(=O)COC(=O)c2ccccc2SCC(=O)N(C)C)ccc1Cl. The Morgan fingerprint density at radius 2 is 1.84 bits per heavy atom. The Morgan fingerprint density at radius 3 is 2.50 bits per heavy atom. The number of esters is 1. The summed E-state index contributed by atoms with van der Waals surface area (Å²) >= 11 is 7.29. The standard InChI is InChI=1S/C23H24ClN3O4S/c1-16-13-17(9-10-19(16)24)27(12-6-11-25)21(28)14-31-23(30)18-7-4-5-8-20(18)32-15-22(29)26(2)3/h4-5,7-10,13H,6,12,14-15H2,1-3H3. The summed E-state index contributed by atoms with van der Waals surface area (Å²) in [6.45, 7) is 1.49. The Labute approximate surface area is 196 Å². The molecule has 32 heavy (non-hydrogen) atoms. The van der Waals surface area contributed by atoms with Crippen molar-refractivity contribution in [2.24, 2.45) is 0 Å². The van der Waals surface area contributed by atoms with E-state index in [1.807, 2.05) is 13.0 Å². The number of thioether (sulfide) groups is 1. The summed E-state index contributed by atoms with van der Waals surface area (Å²) in [7, 11) is 3.32. The molecule has 2 amide bonds. The fraction of sp³-hybridized carbons (Fsp3) is 0.304. The molecule has 0 aliphatic carbocycles. The summed E-state index contributed by atoms with van der Waals surface area (Å²) in [6, 6.07) is 13.9. The van der Waals surface area contributed by atoms with Gasteiger partial charge in [-0.3, -0.25) is 9.59 Å². The van der Waals surface area contributed by atoms with Crippen LogP contribution < -0.4 is 4.90 Å². The second-order valence-corrected chi connectivity index (χ2v) is 8.46. The Kier molecular flexibility index (Phi) is 9.57. The first-order chi connectivity index (χ1) is 15.2. The summed E-state index contributed by atoms with van der Waals surface area (Å²) in [4.78, 5) is 40.8. The number of ether oxygens (including phenoxy) is 1. The molecule has 0 saturated heterocycles. The van der Waals surface area contributed by atoms with Gasteiger partial charge in [0.1, 0.15) is 0 Å². The topological polar surface area (TPSA) is 90.7 Å². The van der Waals surface area contributed by atoms with Crippen molar-refractivity contribution < 1.29 is 19.1 Å². The molecule has 2 aromatic carbocycles. The molecule has 0 spiro atoms. The van der Waals surface area contributed by atoms with E-state index in [1.54, 1.807) is 56.6 Å². The maximum Gasteiger partial charge on any atom is 0.339 e. The van der Waals surface area contributed by atoms with Gasteiger partial charge in [0.15, 0.2) is 6.61 Å². The van der Waals surface area contributed by atoms with E-state index in [1.165, 1.54) is 21.6 Å². The second-order valence-electron chi connectivity index (χ2n) is 7.04. The molecule has 0 fully saturated rings. The van der Waals surface area contributed by atoms with Crippen molar-refractivity contribution in [1.82, 2.24) is 4.90 Å². The first-order valence-corrected chi connectivity index (χ1v) is 11.1. The summed E-state index contributed by atoms with van der Waals surface area (Å²) in [6.07, 6.45) is 0.126. The normalized spacial score (nSPS) is 10.2. The maximum atomic E-state index is 12.8. The van der Waals surface area contributed by atoms with Gasteiger partial charge in [-0.25, -0.2) is 4.79 Å². The predicted octanol–water partition coefficient (Wildman–Crippen LogP) is 3.93. The van der Waals surface area contributed by atoms with Gasteiger partial charge in [-0.15, -0.1) is 11.8 Å². The van der Waals surface area contributed by atoms with Crippen molar-refractivity contribution in [2.75, 3.05) is 37.9 Å². The van der Waals surface area contributed by atoms with Crippen molar-refractivity contribution >= 4 is 46.8 Å². The smallest absolute Gasteiger partial charge is 0.339 e. The number of hydrogen-bond donors (Lipinski definition) is 0. The molecule has 2 rings (SSSR count). The fourth-order valence-corrected chi connectivity index (χ4v) is 3.81. The molecule has 0 aromatic heterocycles. The first kappa shape index (κ1) is 25.2. The van der Waals surface area contributed by atoms with E-state index in [0.717, 1.165) is 5.56 Å². The molecule has 0 heterocycles. The minimum absolute atomic E-state index is 0.0836. The highest BCUT2D eigenvalue weighted by molar-refractivity contribution is 8.00. The molecule has 168 valence electrons. The molecule has 0 N–H and O–H groups in total. The quantitative estimate of drug-likeness (QED) is 0.405. The molecular weight excluding hydrogens is 450 g/mol. The maximum absolute atomic E-state index is 12.8. The van der Waals surface area contributed by atoms with E-state index in [2.05, 4.69) is 0 Å². The van der Waals surface area contributed by atoms with Crippen LogP contribution in [0.1, 0.15) is 22.3 Å². The van der Waals surface area contributed by atoms with E-state index in [0.29, 0.717) is 15.6 Å². The zero-order valence-corrected chi connectivity index (χ0v) is 19.7. The molecule has 9 heteroatoms. The lowest BCUT2D eigenvalue weighted by Crippen LogP contribution is -2.35. The molecule has 0 unspecified atom stereocenters. The number of benzene rings is 2. The van der Waals surface area contributed by atoms with Gasteiger partial charge in [0, 0.05) is 36.2 Å². The number of carbonyl (C=O) groups is 3. The molecule has 7 nitrogen and oxygen atoms in total. The number of carbonyl (C=O) groups excluding carboxylic acids is 3. The number of hydrogen-bond acceptors (Lipinski definition) is 6. The first-order valence-electron chi connectivity index (χ1n) is 9.77. The predicted molar refractivity (Wildman–Crippen MR) is 125 cm³/mol. The highest BCUT2D eigenvalue weighted by Gasteiger charge is 2.20. The van der Waals surface area contributed by atoms with Gasteiger partial charge in [-0.05, 0) is 42.8 Å². The van der Waals surface area contributed by atoms with Gasteiger partial charge in [0.05, 0.1) is 23.8 Å². The van der Waals surface area contributed by atoms with E-state index >= 15 is 0 Å². The van der Waals surface area contributed by atoms with Crippen LogP contribution in [-0.2, 0) is 14.3 Å². The minimum atomic E-state index is -0.661. The van der Waals surface area contributed by atoms with Crippen LogP contribution >= 0.6 is 23.4 Å². The van der Waals surface area contributed by atoms with E-state index in [9.17, 15) is 14.4 Å². The van der Waals surface area contributed by atoms with Crippen LogP contribution in [0.3, 0.4) is 0 Å². The largest absolute Gasteiger partial charge is 0.452 e. The summed E-state index contributed by atoms with van der Waals surface area (Å²) in [5, 5.41) is 9.50. The molecule has 0 saturated carbocycles. The van der Waals surface area contributed by atoms with Crippen molar-refractivity contribution in [3.8, 4) is 6.07 Å². The van der Waals surface area contributed by atoms with Crippen LogP contribution in [0.25, 0.3) is 0 Å². The number of anilines is 1. The lowest BCUT2D eigenvalue weighted by atomic mass is 10.2. The van der Waals surface area contributed by atoms with E-state index in [-0.39, 0.29) is 30.2 Å². The number of halogens is 1. The summed E-state index contributed by atoms with van der Waals surface area (Å²) in [5.41, 5.74) is 1.64. The third-order valence-corrected chi connectivity index (χ3v) is 5.97. The van der Waals surface area contributed by atoms with E-state index in [4.69, 9.17) is 21.6 Å². The highest BCUT2D eigenvalue weighted by atomic mass is 35.5. The van der Waals surface area contributed by atoms with Crippen molar-refractivity contribution in [3.63, 3.8) is 0 Å². The van der Waals surface area contributed by atoms with Crippen LogP contribution in [0.2, 0.25) is 5.02 Å². The number of aryl methyl sites for hydroxylation is 1. The van der Waals surface area contributed by atoms with Gasteiger partial charge in [-0.2, -0.15) is 5.26 Å². The van der Waals surface area contributed by atoms with Crippen molar-refractivity contribution in [1.29, 1.82) is 5.26 Å². The number of nitriles is 1. The number of amides is 2. The van der Waals surface area contributed by atoms with Gasteiger partial charge in [-0.1, -0.05) is 23.7 Å². The molecule has 2 aromatic rings. The lowest BCUT2D eigenvalue weighted by molar-refractivity contribution is -0.126. The van der Waals surface area contributed by atoms with Crippen molar-refractivity contribution in [3.05, 3.63) is 58.6 Å². The Bertz CT molecular complexity index is 1040. The van der Waals surface area contributed by atoms with Gasteiger partial charge in [0.25, 0.3) is 5.91 Å². The summed E-state index contributed by atoms with van der Waals surface area (Å²) < 4.78 is 5.27. The van der Waals surface area contributed by atoms with Crippen LogP contribution in [0, 0.1) is 18.3 Å². The Hall–Kier alpha value is -3.02. The Morgan fingerprint density at radius 1 is 1.12 bits per heavy atom. The third kappa shape index (κ3) is 7.01. The zero-order valence-electron chi connectivity index (χ0n) is 18.1. The molecule has 0 aliphatic heterocycles. The van der Waals surface area contributed by atoms with Gasteiger partial charge >= 0.3 is 5.97 Å². The lowest BCUT2D eigenvalue weighted by Gasteiger charge is -2.22. The number of nitrogens with zero attached hydrogens (tertiary/aromatic N) is 3. The molecular formula is C23H24ClN3O4S. The second kappa shape index (κ2) is 12.1. The Balaban J connectivity index is 2.10. The van der Waals surface area contributed by atoms with Crippen LogP contribution in [0.4, 0.5) is 5.69 Å². The summed E-state index contributed by atoms with van der Waals surface area (Å²) in [5.74, 6) is -1.03. The molecule has 0 atom stereocenters. The van der Waals surface area contributed by atoms with Crippen LogP contribution in [0.15, 0.2) is 47.4 Å². The highest BCUT2D eigenvalue weighted by Crippen LogP contribution is 2.25. The van der Waals surface area contributed by atoms with Crippen LogP contribution in [-0.4, -0.2) is 55.7 Å². The number of rotatable bonds is 9. The van der Waals surface area contributed by atoms with Crippen molar-refractivity contribution in [2.45, 2.75) is 18.2 Å². The molecule has 0 aliphatic rings. The monoisotopic (exact) mass is 473 g/mol. The molecule has 0 radical (unpaired) electrons. The minimum Gasteiger partial charge on any atom is -0.452 e. The third-order valence-electron chi connectivity index (χ3n) is 4.49. The van der Waals surface area contributed by atoms with Crippen LogP contribution in [0.5, 0.6) is 0 Å². The average Bonchev–Trinajstić information content (AvgIpc) is 2.78. The van der Waals surface area contributed by atoms with Gasteiger partial charge in [0.2, 0.25) is 5.91 Å².